The molecular formula is C17H13F2N3O. The first-order chi connectivity index (χ1) is 11.1. The Kier molecular flexibility index (Phi) is 3.11. The molecule has 23 heavy (non-hydrogen) atoms. The van der Waals surface area contributed by atoms with E-state index < -0.39 is 17.5 Å². The van der Waals surface area contributed by atoms with Gasteiger partial charge in [0.25, 0.3) is 5.91 Å². The average molecular weight is 313 g/mol. The quantitative estimate of drug-likeness (QED) is 0.768. The van der Waals surface area contributed by atoms with Gasteiger partial charge >= 0.3 is 0 Å². The van der Waals surface area contributed by atoms with E-state index in [9.17, 15) is 13.6 Å². The Labute approximate surface area is 130 Å². The molecule has 2 N–H and O–H groups in total. The van der Waals surface area contributed by atoms with E-state index in [1.807, 2.05) is 18.2 Å². The van der Waals surface area contributed by atoms with Crippen molar-refractivity contribution in [2.75, 3.05) is 5.32 Å². The monoisotopic (exact) mass is 313 g/mol. The first-order valence-corrected chi connectivity index (χ1v) is 7.37. The number of fused-ring (bicyclic) bond motifs is 1. The number of aromatic amines is 1. The zero-order valence-electron chi connectivity index (χ0n) is 12.1. The molecule has 0 spiro atoms. The van der Waals surface area contributed by atoms with Gasteiger partial charge in [0, 0.05) is 11.5 Å². The molecule has 0 radical (unpaired) electrons. The summed E-state index contributed by atoms with van der Waals surface area (Å²) >= 11 is 0. The first-order valence-electron chi connectivity index (χ1n) is 7.37. The van der Waals surface area contributed by atoms with Crippen LogP contribution in [0.2, 0.25) is 0 Å². The fraction of sp³-hybridized carbons (Fsp3) is 0.176. The molecule has 1 amide bonds. The number of carbonyl (C=O) groups is 1. The second kappa shape index (κ2) is 5.15. The average Bonchev–Trinajstić information content (AvgIpc) is 3.29. The fourth-order valence-electron chi connectivity index (χ4n) is 2.74. The van der Waals surface area contributed by atoms with Gasteiger partial charge in [-0.15, -0.1) is 0 Å². The van der Waals surface area contributed by atoms with Crippen LogP contribution in [0.5, 0.6) is 0 Å². The van der Waals surface area contributed by atoms with Gasteiger partial charge in [0.2, 0.25) is 0 Å². The van der Waals surface area contributed by atoms with Crippen molar-refractivity contribution in [3.8, 4) is 0 Å². The van der Waals surface area contributed by atoms with Gasteiger partial charge in [0.1, 0.15) is 11.6 Å². The van der Waals surface area contributed by atoms with E-state index in [0.717, 1.165) is 35.9 Å². The Morgan fingerprint density at radius 1 is 1.22 bits per heavy atom. The van der Waals surface area contributed by atoms with E-state index in [4.69, 9.17) is 0 Å². The number of para-hydroxylation sites is 1. The van der Waals surface area contributed by atoms with Gasteiger partial charge in [-0.3, -0.25) is 9.89 Å². The molecule has 1 heterocycles. The molecule has 0 atom stereocenters. The van der Waals surface area contributed by atoms with E-state index in [-0.39, 0.29) is 5.56 Å². The van der Waals surface area contributed by atoms with Gasteiger partial charge in [-0.1, -0.05) is 12.1 Å². The summed E-state index contributed by atoms with van der Waals surface area (Å²) in [5.74, 6) is -1.40. The van der Waals surface area contributed by atoms with E-state index in [1.165, 1.54) is 5.56 Å². The number of rotatable bonds is 3. The van der Waals surface area contributed by atoms with Crippen molar-refractivity contribution in [2.24, 2.45) is 0 Å². The van der Waals surface area contributed by atoms with Crippen LogP contribution in [0, 0.1) is 11.6 Å². The number of amides is 1. The number of aromatic nitrogens is 2. The highest BCUT2D eigenvalue weighted by Gasteiger charge is 2.26. The second-order valence-electron chi connectivity index (χ2n) is 5.69. The van der Waals surface area contributed by atoms with E-state index >= 15 is 0 Å². The predicted molar refractivity (Wildman–Crippen MR) is 82.4 cm³/mol. The molecule has 1 saturated carbocycles. The minimum Gasteiger partial charge on any atom is -0.304 e. The molecule has 1 aliphatic carbocycles. The SMILES string of the molecule is O=C(Nc1n[nH]c2c(C3CC3)cccc12)c1ccc(F)cc1F. The molecule has 4 rings (SSSR count). The largest absolute Gasteiger partial charge is 0.304 e. The number of hydrogen-bond donors (Lipinski definition) is 2. The lowest BCUT2D eigenvalue weighted by Gasteiger charge is -2.04. The Morgan fingerprint density at radius 3 is 2.78 bits per heavy atom. The van der Waals surface area contributed by atoms with E-state index in [2.05, 4.69) is 15.5 Å². The van der Waals surface area contributed by atoms with Crippen molar-refractivity contribution in [2.45, 2.75) is 18.8 Å². The summed E-state index contributed by atoms with van der Waals surface area (Å²) in [6.07, 6.45) is 2.31. The number of halogens is 2. The van der Waals surface area contributed by atoms with Crippen LogP contribution < -0.4 is 5.32 Å². The van der Waals surface area contributed by atoms with Crippen molar-refractivity contribution in [3.05, 3.63) is 59.2 Å². The molecule has 1 fully saturated rings. The van der Waals surface area contributed by atoms with Crippen molar-refractivity contribution >= 4 is 22.6 Å². The summed E-state index contributed by atoms with van der Waals surface area (Å²) in [7, 11) is 0. The Hall–Kier alpha value is -2.76. The summed E-state index contributed by atoms with van der Waals surface area (Å²) in [6.45, 7) is 0. The lowest BCUT2D eigenvalue weighted by atomic mass is 10.1. The summed E-state index contributed by atoms with van der Waals surface area (Å²) in [4.78, 5) is 12.2. The second-order valence-corrected chi connectivity index (χ2v) is 5.69. The number of hydrogen-bond acceptors (Lipinski definition) is 2. The maximum absolute atomic E-state index is 13.7. The smallest absolute Gasteiger partial charge is 0.259 e. The Bertz CT molecular complexity index is 915. The standard InChI is InChI=1S/C17H13F2N3O/c18-10-6-7-12(14(19)8-10)17(23)20-16-13-3-1-2-11(9-4-5-9)15(13)21-22-16/h1-3,6-9H,4-5H2,(H2,20,21,22,23). The topological polar surface area (TPSA) is 57.8 Å². The molecule has 2 aromatic carbocycles. The summed E-state index contributed by atoms with van der Waals surface area (Å²) in [6, 6.07) is 8.66. The number of H-pyrrole nitrogens is 1. The molecule has 6 heteroatoms. The van der Waals surface area contributed by atoms with Gasteiger partial charge in [0.05, 0.1) is 11.1 Å². The fourth-order valence-corrected chi connectivity index (χ4v) is 2.74. The van der Waals surface area contributed by atoms with E-state index in [1.54, 1.807) is 0 Å². The molecule has 3 aromatic rings. The minimum atomic E-state index is -0.902. The van der Waals surface area contributed by atoms with Crippen LogP contribution in [0.25, 0.3) is 10.9 Å². The van der Waals surface area contributed by atoms with Crippen molar-refractivity contribution < 1.29 is 13.6 Å². The maximum Gasteiger partial charge on any atom is 0.259 e. The number of benzene rings is 2. The number of nitrogens with one attached hydrogen (secondary N) is 2. The van der Waals surface area contributed by atoms with Crippen LogP contribution in [0.3, 0.4) is 0 Å². The number of anilines is 1. The van der Waals surface area contributed by atoms with Crippen molar-refractivity contribution in [3.63, 3.8) is 0 Å². The number of nitrogens with zero attached hydrogens (tertiary/aromatic N) is 1. The third kappa shape index (κ3) is 2.46. The molecule has 0 bridgehead atoms. The molecule has 0 aliphatic heterocycles. The molecule has 0 unspecified atom stereocenters. The van der Waals surface area contributed by atoms with Crippen LogP contribution in [0.15, 0.2) is 36.4 Å². The highest BCUT2D eigenvalue weighted by Crippen LogP contribution is 2.43. The lowest BCUT2D eigenvalue weighted by Crippen LogP contribution is -2.14. The minimum absolute atomic E-state index is 0.221. The summed E-state index contributed by atoms with van der Waals surface area (Å²) < 4.78 is 26.6. The molecule has 1 aliphatic rings. The van der Waals surface area contributed by atoms with Crippen molar-refractivity contribution in [1.29, 1.82) is 0 Å². The first kappa shape index (κ1) is 13.9. The molecular weight excluding hydrogens is 300 g/mol. The van der Waals surface area contributed by atoms with Crippen LogP contribution >= 0.6 is 0 Å². The zero-order valence-corrected chi connectivity index (χ0v) is 12.1. The van der Waals surface area contributed by atoms with Gasteiger partial charge < -0.3 is 5.32 Å². The van der Waals surface area contributed by atoms with Gasteiger partial charge in [-0.05, 0) is 42.5 Å². The summed E-state index contributed by atoms with van der Waals surface area (Å²) in [5, 5.41) is 10.4. The third-order valence-corrected chi connectivity index (χ3v) is 4.06. The summed E-state index contributed by atoms with van der Waals surface area (Å²) in [5.41, 5.74) is 1.86. The molecule has 4 nitrogen and oxygen atoms in total. The van der Waals surface area contributed by atoms with Gasteiger partial charge in [-0.25, -0.2) is 8.78 Å². The predicted octanol–water partition coefficient (Wildman–Crippen LogP) is 3.97. The van der Waals surface area contributed by atoms with Crippen molar-refractivity contribution in [1.82, 2.24) is 10.2 Å². The van der Waals surface area contributed by atoms with Gasteiger partial charge in [0.15, 0.2) is 5.82 Å². The molecule has 0 saturated heterocycles. The normalized spacial score (nSPS) is 14.2. The maximum atomic E-state index is 13.7. The third-order valence-electron chi connectivity index (χ3n) is 4.06. The van der Waals surface area contributed by atoms with Crippen LogP contribution in [-0.2, 0) is 0 Å². The molecule has 116 valence electrons. The number of carbonyl (C=O) groups excluding carboxylic acids is 1. The highest BCUT2D eigenvalue weighted by atomic mass is 19.1. The van der Waals surface area contributed by atoms with Crippen LogP contribution in [0.1, 0.15) is 34.7 Å². The lowest BCUT2D eigenvalue weighted by molar-refractivity contribution is 0.102. The zero-order chi connectivity index (χ0) is 16.0. The van der Waals surface area contributed by atoms with Gasteiger partial charge in [-0.2, -0.15) is 5.10 Å². The Morgan fingerprint density at radius 2 is 2.04 bits per heavy atom. The van der Waals surface area contributed by atoms with E-state index in [0.29, 0.717) is 17.8 Å². The van der Waals surface area contributed by atoms with Crippen LogP contribution in [-0.4, -0.2) is 16.1 Å². The highest BCUT2D eigenvalue weighted by molar-refractivity contribution is 6.08. The Balaban J connectivity index is 1.67. The van der Waals surface area contributed by atoms with Crippen LogP contribution in [0.4, 0.5) is 14.6 Å². The molecule has 1 aromatic heterocycles.